The number of hydrogen-bond donors (Lipinski definition) is 2. The number of sulfonamides is 1. The summed E-state index contributed by atoms with van der Waals surface area (Å²) in [4.78, 5) is 12.9. The first-order chi connectivity index (χ1) is 29.9. The molecule has 3 aliphatic rings. The van der Waals surface area contributed by atoms with E-state index in [1.807, 2.05) is 49.4 Å². The minimum atomic E-state index is -5.94. The lowest BCUT2D eigenvalue weighted by Crippen LogP contribution is -2.47. The van der Waals surface area contributed by atoms with Crippen molar-refractivity contribution in [1.82, 2.24) is 19.8 Å². The average molecular weight is 946 g/mol. The van der Waals surface area contributed by atoms with E-state index in [1.54, 1.807) is 11.8 Å². The van der Waals surface area contributed by atoms with Crippen molar-refractivity contribution in [2.45, 2.75) is 105 Å². The van der Waals surface area contributed by atoms with Crippen molar-refractivity contribution in [3.05, 3.63) is 107 Å². The molecule has 0 bridgehead atoms. The summed E-state index contributed by atoms with van der Waals surface area (Å²) in [5.74, 6) is 0.662. The number of fused-ring (bicyclic) bond motifs is 1. The van der Waals surface area contributed by atoms with Crippen molar-refractivity contribution in [2.24, 2.45) is 11.3 Å². The third-order valence-electron chi connectivity index (χ3n) is 12.5. The van der Waals surface area contributed by atoms with Crippen LogP contribution in [0.3, 0.4) is 0 Å². The lowest BCUT2D eigenvalue weighted by molar-refractivity contribution is -0.0435. The van der Waals surface area contributed by atoms with Crippen molar-refractivity contribution < 1.29 is 30.0 Å². The molecule has 1 atom stereocenters. The molecule has 0 saturated carbocycles. The molecule has 63 heavy (non-hydrogen) atoms. The van der Waals surface area contributed by atoms with Gasteiger partial charge in [0.15, 0.2) is 0 Å². The van der Waals surface area contributed by atoms with Crippen molar-refractivity contribution in [3.8, 4) is 0 Å². The molecule has 7 rings (SSSR count). The fraction of sp³-hybridized carbons (Fsp3) is 0.478. The van der Waals surface area contributed by atoms with E-state index in [-0.39, 0.29) is 29.4 Å². The molecular formula is C46H56ClF3N6O4S3. The molecule has 4 aromatic rings. The maximum Gasteiger partial charge on any atom is 0.501 e. The second-order valence-corrected chi connectivity index (χ2v) is 22.8. The Kier molecular flexibility index (Phi) is 14.9. The van der Waals surface area contributed by atoms with E-state index in [0.29, 0.717) is 48.6 Å². The number of halogens is 4. The fourth-order valence-corrected chi connectivity index (χ4v) is 12.2. The normalized spacial score (nSPS) is 18.5. The molecule has 1 aromatic heterocycles. The first-order valence-electron chi connectivity index (χ1n) is 21.6. The molecule has 3 heterocycles. The Morgan fingerprint density at radius 3 is 2.38 bits per heavy atom. The van der Waals surface area contributed by atoms with Gasteiger partial charge >= 0.3 is 5.51 Å². The molecule has 0 radical (unpaired) electrons. The topological polar surface area (TPSA) is 125 Å². The van der Waals surface area contributed by atoms with E-state index < -0.39 is 35.2 Å². The molecule has 0 amide bonds. The molecule has 17 heteroatoms. The molecule has 340 valence electrons. The van der Waals surface area contributed by atoms with Gasteiger partial charge in [0.05, 0.1) is 16.3 Å². The molecule has 10 nitrogen and oxygen atoms in total. The van der Waals surface area contributed by atoms with E-state index in [0.717, 1.165) is 86.6 Å². The lowest BCUT2D eigenvalue weighted by atomic mass is 9.72. The Labute approximate surface area is 379 Å². The highest BCUT2D eigenvalue weighted by molar-refractivity contribution is 7.99. The predicted octanol–water partition coefficient (Wildman–Crippen LogP) is 10.3. The number of rotatable bonds is 16. The standard InChI is InChI=1S/C46H56ClF3N6O4S3/c1-4-8-32(30-61-37-9-6-5-7-10-37)27-51-41-16-15-38(25-43(41)62(57,58)46(48,49)50)63(59,60)54-44-39-20-24-56(29-42(39)52-31-53-44)36-18-22-55(23-19-36)28-34-17-21-45(2,3)26-40(34)33-11-13-35(47)14-12-33/h5-7,9-16,25,31-32,36,51H,4,8,17-24,26-30H2,1-3H3,(H,52,53,54). The molecule has 1 saturated heterocycles. The van der Waals surface area contributed by atoms with Crippen molar-refractivity contribution in [1.29, 1.82) is 0 Å². The molecule has 1 fully saturated rings. The van der Waals surface area contributed by atoms with Crippen LogP contribution in [0, 0.1) is 11.3 Å². The minimum absolute atomic E-state index is 0.00800. The first-order valence-corrected chi connectivity index (χ1v) is 25.9. The van der Waals surface area contributed by atoms with Crippen molar-refractivity contribution >= 4 is 60.3 Å². The zero-order valence-corrected chi connectivity index (χ0v) is 39.1. The molecule has 1 unspecified atom stereocenters. The van der Waals surface area contributed by atoms with Gasteiger partial charge in [0.2, 0.25) is 0 Å². The zero-order chi connectivity index (χ0) is 45.0. The summed E-state index contributed by atoms with van der Waals surface area (Å²) in [6.07, 6.45) is 8.52. The Hall–Kier alpha value is -3.67. The Morgan fingerprint density at radius 1 is 0.952 bits per heavy atom. The second kappa shape index (κ2) is 19.8. The Morgan fingerprint density at radius 2 is 1.68 bits per heavy atom. The van der Waals surface area contributed by atoms with Crippen molar-refractivity contribution in [2.75, 3.05) is 48.5 Å². The number of likely N-dealkylation sites (tertiary alicyclic amines) is 1. The van der Waals surface area contributed by atoms with Crippen LogP contribution in [0.5, 0.6) is 0 Å². The summed E-state index contributed by atoms with van der Waals surface area (Å²) >= 11 is 7.82. The van der Waals surface area contributed by atoms with E-state index in [2.05, 4.69) is 55.8 Å². The number of benzene rings is 3. The van der Waals surface area contributed by atoms with Gasteiger partial charge < -0.3 is 5.32 Å². The molecule has 2 N–H and O–H groups in total. The van der Waals surface area contributed by atoms with Gasteiger partial charge in [0, 0.05) is 53.5 Å². The molecule has 3 aromatic carbocycles. The number of sulfone groups is 1. The average Bonchev–Trinajstić information content (AvgIpc) is 3.25. The third kappa shape index (κ3) is 11.6. The fourth-order valence-electron chi connectivity index (χ4n) is 8.94. The number of nitrogens with one attached hydrogen (secondary N) is 2. The predicted molar refractivity (Wildman–Crippen MR) is 246 cm³/mol. The number of piperidine rings is 1. The summed E-state index contributed by atoms with van der Waals surface area (Å²) in [5, 5.41) is 3.64. The van der Waals surface area contributed by atoms with Crippen LogP contribution in [0.25, 0.3) is 5.57 Å². The lowest BCUT2D eigenvalue weighted by Gasteiger charge is -2.41. The number of thioether (sulfide) groups is 1. The van der Waals surface area contributed by atoms with E-state index in [4.69, 9.17) is 11.6 Å². The van der Waals surface area contributed by atoms with E-state index >= 15 is 0 Å². The maximum absolute atomic E-state index is 14.1. The van der Waals surface area contributed by atoms with Gasteiger partial charge in [-0.25, -0.2) is 26.8 Å². The SMILES string of the molecule is CCCC(CNc1ccc(S(=O)(=O)Nc2ncnc3c2CCN(C2CCN(CC4=C(c5ccc(Cl)cc5)CC(C)(C)CC4)CC2)C3)cc1S(=O)(=O)C(F)(F)F)CSc1ccccc1. The van der Waals surface area contributed by atoms with Gasteiger partial charge in [-0.15, -0.1) is 11.8 Å². The van der Waals surface area contributed by atoms with Crippen LogP contribution in [0.1, 0.15) is 82.5 Å². The van der Waals surface area contributed by atoms with Crippen LogP contribution >= 0.6 is 23.4 Å². The van der Waals surface area contributed by atoms with Gasteiger partial charge in [-0.3, -0.25) is 14.5 Å². The minimum Gasteiger partial charge on any atom is -0.384 e. The second-order valence-electron chi connectivity index (χ2n) is 17.7. The number of allylic oxidation sites excluding steroid dienone is 1. The summed E-state index contributed by atoms with van der Waals surface area (Å²) in [6.45, 7) is 10.9. The highest BCUT2D eigenvalue weighted by atomic mass is 35.5. The molecule has 2 aliphatic heterocycles. The first kappa shape index (κ1) is 47.3. The van der Waals surface area contributed by atoms with Crippen LogP contribution in [-0.4, -0.2) is 86.6 Å². The number of hydrogen-bond acceptors (Lipinski definition) is 10. The Bertz CT molecular complexity index is 2480. The number of alkyl halides is 3. The van der Waals surface area contributed by atoms with Crippen LogP contribution in [0.4, 0.5) is 24.7 Å². The van der Waals surface area contributed by atoms with Gasteiger partial charge in [0.1, 0.15) is 17.0 Å². The van der Waals surface area contributed by atoms with Crippen LogP contribution in [0.2, 0.25) is 5.02 Å². The summed E-state index contributed by atoms with van der Waals surface area (Å²) in [5.41, 5.74) is -0.273. The highest BCUT2D eigenvalue weighted by Crippen LogP contribution is 2.44. The van der Waals surface area contributed by atoms with Gasteiger partial charge in [0.25, 0.3) is 19.9 Å². The van der Waals surface area contributed by atoms with Crippen molar-refractivity contribution in [3.63, 3.8) is 0 Å². The van der Waals surface area contributed by atoms with E-state index in [1.165, 1.54) is 23.0 Å². The zero-order valence-electron chi connectivity index (χ0n) is 35.9. The number of nitrogens with zero attached hydrogens (tertiary/aromatic N) is 4. The van der Waals surface area contributed by atoms with Crippen LogP contribution in [-0.2, 0) is 32.8 Å². The number of anilines is 2. The van der Waals surface area contributed by atoms with Gasteiger partial charge in [-0.05, 0) is 123 Å². The molecule has 1 aliphatic carbocycles. The van der Waals surface area contributed by atoms with Gasteiger partial charge in [-0.1, -0.05) is 74.7 Å². The number of aromatic nitrogens is 2. The monoisotopic (exact) mass is 944 g/mol. The quantitative estimate of drug-likeness (QED) is 0.105. The van der Waals surface area contributed by atoms with E-state index in [9.17, 15) is 30.0 Å². The third-order valence-corrected chi connectivity index (χ3v) is 16.9. The highest BCUT2D eigenvalue weighted by Gasteiger charge is 2.48. The van der Waals surface area contributed by atoms with Crippen LogP contribution in [0.15, 0.2) is 99.4 Å². The van der Waals surface area contributed by atoms with Gasteiger partial charge in [-0.2, -0.15) is 13.2 Å². The molecular weight excluding hydrogens is 889 g/mol. The molecule has 0 spiro atoms. The van der Waals surface area contributed by atoms with Crippen LogP contribution < -0.4 is 10.0 Å². The summed E-state index contributed by atoms with van der Waals surface area (Å²) in [7, 11) is -10.5. The summed E-state index contributed by atoms with van der Waals surface area (Å²) in [6, 6.07) is 21.0. The smallest absolute Gasteiger partial charge is 0.384 e. The maximum atomic E-state index is 14.1. The largest absolute Gasteiger partial charge is 0.501 e. The summed E-state index contributed by atoms with van der Waals surface area (Å²) < 4.78 is 98.2. The Balaban J connectivity index is 1.01.